The van der Waals surface area contributed by atoms with Crippen LogP contribution >= 0.6 is 11.3 Å². The van der Waals surface area contributed by atoms with E-state index >= 15 is 0 Å². The highest BCUT2D eigenvalue weighted by Gasteiger charge is 2.30. The SMILES string of the molecule is c1ccc(-c2nc(-c3ccccc3)nc(N3c4ccccc4-c4sc5ccccc5c4-c4ccccc43)n2)cc1. The molecule has 0 N–H and O–H groups in total. The van der Waals surface area contributed by atoms with E-state index in [1.807, 2.05) is 72.0 Å². The Morgan fingerprint density at radius 1 is 0.475 bits per heavy atom. The van der Waals surface area contributed by atoms with Gasteiger partial charge in [0.2, 0.25) is 5.95 Å². The van der Waals surface area contributed by atoms with Crippen LogP contribution in [0.15, 0.2) is 133 Å². The van der Waals surface area contributed by atoms with E-state index in [0.717, 1.165) is 33.6 Å². The Labute approximate surface area is 235 Å². The zero-order valence-corrected chi connectivity index (χ0v) is 22.2. The molecule has 0 amide bonds. The van der Waals surface area contributed by atoms with Gasteiger partial charge in [-0.15, -0.1) is 11.3 Å². The quantitative estimate of drug-likeness (QED) is 0.228. The van der Waals surface area contributed by atoms with E-state index in [-0.39, 0.29) is 0 Å². The van der Waals surface area contributed by atoms with Crippen molar-refractivity contribution in [2.75, 3.05) is 4.90 Å². The predicted octanol–water partition coefficient (Wildman–Crippen LogP) is 9.54. The number of hydrogen-bond acceptors (Lipinski definition) is 5. The molecule has 1 aliphatic heterocycles. The van der Waals surface area contributed by atoms with Crippen LogP contribution in [-0.4, -0.2) is 15.0 Å². The molecule has 0 spiro atoms. The van der Waals surface area contributed by atoms with Crippen molar-refractivity contribution in [3.05, 3.63) is 133 Å². The van der Waals surface area contributed by atoms with Crippen molar-refractivity contribution in [2.24, 2.45) is 0 Å². The van der Waals surface area contributed by atoms with Gasteiger partial charge in [-0.1, -0.05) is 115 Å². The topological polar surface area (TPSA) is 41.9 Å². The van der Waals surface area contributed by atoms with E-state index < -0.39 is 0 Å². The highest BCUT2D eigenvalue weighted by atomic mass is 32.1. The molecule has 3 heterocycles. The molecule has 188 valence electrons. The van der Waals surface area contributed by atoms with Gasteiger partial charge in [-0.3, -0.25) is 4.90 Å². The van der Waals surface area contributed by atoms with Crippen LogP contribution in [0.3, 0.4) is 0 Å². The molecule has 5 heteroatoms. The van der Waals surface area contributed by atoms with E-state index in [1.165, 1.54) is 20.5 Å². The zero-order valence-electron chi connectivity index (χ0n) is 21.4. The number of rotatable bonds is 3. The Hall–Kier alpha value is -5.13. The average molecular weight is 531 g/mol. The average Bonchev–Trinajstić information content (AvgIpc) is 3.36. The Bertz CT molecular complexity index is 1960. The zero-order chi connectivity index (χ0) is 26.5. The van der Waals surface area contributed by atoms with Crippen LogP contribution in [0, 0.1) is 0 Å². The van der Waals surface area contributed by atoms with Gasteiger partial charge in [-0.2, -0.15) is 9.97 Å². The van der Waals surface area contributed by atoms with Crippen molar-refractivity contribution in [3.63, 3.8) is 0 Å². The maximum absolute atomic E-state index is 5.11. The van der Waals surface area contributed by atoms with Gasteiger partial charge in [0, 0.05) is 42.8 Å². The van der Waals surface area contributed by atoms with Crippen LogP contribution < -0.4 is 4.90 Å². The van der Waals surface area contributed by atoms with Gasteiger partial charge in [0.15, 0.2) is 11.6 Å². The Kier molecular flexibility index (Phi) is 5.28. The molecule has 0 unspecified atom stereocenters. The number of anilines is 3. The van der Waals surface area contributed by atoms with Crippen molar-refractivity contribution in [2.45, 2.75) is 0 Å². The molecule has 8 rings (SSSR count). The predicted molar refractivity (Wildman–Crippen MR) is 165 cm³/mol. The largest absolute Gasteiger partial charge is 0.278 e. The van der Waals surface area contributed by atoms with Gasteiger partial charge in [-0.05, 0) is 18.2 Å². The lowest BCUT2D eigenvalue weighted by atomic mass is 9.99. The van der Waals surface area contributed by atoms with Crippen molar-refractivity contribution < 1.29 is 0 Å². The minimum absolute atomic E-state index is 0.590. The van der Waals surface area contributed by atoms with Crippen LogP contribution in [0.4, 0.5) is 17.3 Å². The molecular formula is C35H22N4S. The fraction of sp³-hybridized carbons (Fsp3) is 0. The monoisotopic (exact) mass is 530 g/mol. The second kappa shape index (κ2) is 9.26. The Morgan fingerprint density at radius 2 is 1.00 bits per heavy atom. The Balaban J connectivity index is 1.45. The van der Waals surface area contributed by atoms with Crippen LogP contribution in [0.1, 0.15) is 0 Å². The summed E-state index contributed by atoms with van der Waals surface area (Å²) in [4.78, 5) is 18.6. The first-order valence-corrected chi connectivity index (χ1v) is 14.0. The molecule has 4 nitrogen and oxygen atoms in total. The fourth-order valence-electron chi connectivity index (χ4n) is 5.49. The molecule has 0 radical (unpaired) electrons. The van der Waals surface area contributed by atoms with E-state index in [4.69, 9.17) is 15.0 Å². The van der Waals surface area contributed by atoms with Crippen LogP contribution in [-0.2, 0) is 0 Å². The molecule has 0 saturated carbocycles. The van der Waals surface area contributed by atoms with E-state index in [1.54, 1.807) is 0 Å². The summed E-state index contributed by atoms with van der Waals surface area (Å²) in [7, 11) is 0. The van der Waals surface area contributed by atoms with Gasteiger partial charge >= 0.3 is 0 Å². The molecule has 7 aromatic rings. The number of hydrogen-bond donors (Lipinski definition) is 0. The molecular weight excluding hydrogens is 508 g/mol. The summed E-state index contributed by atoms with van der Waals surface area (Å²) in [6.45, 7) is 0. The molecule has 1 aliphatic rings. The second-order valence-electron chi connectivity index (χ2n) is 9.69. The maximum atomic E-state index is 5.11. The molecule has 0 atom stereocenters. The van der Waals surface area contributed by atoms with Gasteiger partial charge in [0.25, 0.3) is 0 Å². The van der Waals surface area contributed by atoms with Gasteiger partial charge < -0.3 is 0 Å². The molecule has 2 aromatic heterocycles. The highest BCUT2D eigenvalue weighted by molar-refractivity contribution is 7.23. The summed E-state index contributed by atoms with van der Waals surface area (Å²) in [5, 5.41) is 1.26. The standard InChI is InChI=1S/C35H22N4S/c1-3-13-23(14-4-1)33-36-34(24-15-5-2-6-16-24)38-35(37-33)39-28-20-10-7-17-25(28)31-27-19-9-12-22-30(27)40-32(31)26-18-8-11-21-29(26)39/h1-22H. The number of thiophene rings is 1. The minimum atomic E-state index is 0.590. The lowest BCUT2D eigenvalue weighted by Crippen LogP contribution is -2.16. The highest BCUT2D eigenvalue weighted by Crippen LogP contribution is 2.55. The van der Waals surface area contributed by atoms with Crippen molar-refractivity contribution in [1.82, 2.24) is 15.0 Å². The van der Waals surface area contributed by atoms with Crippen molar-refractivity contribution in [3.8, 4) is 44.3 Å². The number of benzene rings is 5. The Morgan fingerprint density at radius 3 is 1.68 bits per heavy atom. The summed E-state index contributed by atoms with van der Waals surface area (Å²) in [5.41, 5.74) is 7.57. The van der Waals surface area contributed by atoms with E-state index in [9.17, 15) is 0 Å². The molecule has 0 saturated heterocycles. The van der Waals surface area contributed by atoms with E-state index in [0.29, 0.717) is 17.6 Å². The molecule has 5 aromatic carbocycles. The lowest BCUT2D eigenvalue weighted by Gasteiger charge is -2.25. The third-order valence-corrected chi connectivity index (χ3v) is 8.49. The van der Waals surface area contributed by atoms with Gasteiger partial charge in [0.05, 0.1) is 11.4 Å². The molecule has 0 bridgehead atoms. The smallest absolute Gasteiger partial charge is 0.238 e. The molecule has 0 fully saturated rings. The lowest BCUT2D eigenvalue weighted by molar-refractivity contribution is 1.02. The summed E-state index contributed by atoms with van der Waals surface area (Å²) >= 11 is 1.84. The first-order valence-electron chi connectivity index (χ1n) is 13.2. The fourth-order valence-corrected chi connectivity index (χ4v) is 6.74. The number of fused-ring (bicyclic) bond motifs is 7. The normalized spacial score (nSPS) is 11.9. The van der Waals surface area contributed by atoms with Crippen molar-refractivity contribution in [1.29, 1.82) is 0 Å². The van der Waals surface area contributed by atoms with Gasteiger partial charge in [0.1, 0.15) is 0 Å². The number of aromatic nitrogens is 3. The first kappa shape index (κ1) is 22.8. The summed E-state index contributed by atoms with van der Waals surface area (Å²) in [5.74, 6) is 1.87. The number of para-hydroxylation sites is 2. The van der Waals surface area contributed by atoms with Crippen LogP contribution in [0.25, 0.3) is 54.4 Å². The van der Waals surface area contributed by atoms with Crippen molar-refractivity contribution >= 4 is 38.7 Å². The third kappa shape index (κ3) is 3.63. The molecule has 40 heavy (non-hydrogen) atoms. The third-order valence-electron chi connectivity index (χ3n) is 7.29. The number of nitrogens with zero attached hydrogens (tertiary/aromatic N) is 4. The van der Waals surface area contributed by atoms with Crippen LogP contribution in [0.5, 0.6) is 0 Å². The summed E-state index contributed by atoms with van der Waals surface area (Å²) in [6, 6.07) is 46.1. The molecule has 0 aliphatic carbocycles. The van der Waals surface area contributed by atoms with Gasteiger partial charge in [-0.25, -0.2) is 4.98 Å². The van der Waals surface area contributed by atoms with E-state index in [2.05, 4.69) is 77.7 Å². The second-order valence-corrected chi connectivity index (χ2v) is 10.7. The summed E-state index contributed by atoms with van der Waals surface area (Å²) in [6.07, 6.45) is 0. The van der Waals surface area contributed by atoms with Crippen LogP contribution in [0.2, 0.25) is 0 Å². The summed E-state index contributed by atoms with van der Waals surface area (Å²) < 4.78 is 1.28. The minimum Gasteiger partial charge on any atom is -0.278 e. The maximum Gasteiger partial charge on any atom is 0.238 e. The first-order chi connectivity index (χ1) is 19.8.